The summed E-state index contributed by atoms with van der Waals surface area (Å²) in [5, 5.41) is 13.6. The number of thiazole rings is 1. The van der Waals surface area contributed by atoms with Crippen LogP contribution >= 0.6 is 11.3 Å². The van der Waals surface area contributed by atoms with Gasteiger partial charge >= 0.3 is 0 Å². The highest BCUT2D eigenvalue weighted by molar-refractivity contribution is 7.16. The topological polar surface area (TPSA) is 85.1 Å². The SMILES string of the molecule is O=C(Nc1nc(-c2ccc(F)cc2)c(Cc2ccc([N+](=O)[O-])cc2)s1)c1cc(F)cc(F)c1. The number of amides is 1. The van der Waals surface area contributed by atoms with Crippen LogP contribution in [-0.4, -0.2) is 15.8 Å². The van der Waals surface area contributed by atoms with Crippen molar-refractivity contribution in [1.82, 2.24) is 4.98 Å². The monoisotopic (exact) mass is 469 g/mol. The lowest BCUT2D eigenvalue weighted by Crippen LogP contribution is -2.12. The van der Waals surface area contributed by atoms with Gasteiger partial charge in [-0.2, -0.15) is 0 Å². The number of nitrogens with zero attached hydrogens (tertiary/aromatic N) is 2. The lowest BCUT2D eigenvalue weighted by Gasteiger charge is -2.03. The Hall–Kier alpha value is -4.05. The zero-order chi connectivity index (χ0) is 23.5. The number of halogens is 3. The fraction of sp³-hybridized carbons (Fsp3) is 0.0435. The Balaban J connectivity index is 1.66. The number of nitro groups is 1. The molecule has 0 atom stereocenters. The van der Waals surface area contributed by atoms with Crippen molar-refractivity contribution >= 4 is 28.1 Å². The lowest BCUT2D eigenvalue weighted by molar-refractivity contribution is -0.384. The summed E-state index contributed by atoms with van der Waals surface area (Å²) in [6.45, 7) is 0. The van der Waals surface area contributed by atoms with Gasteiger partial charge in [-0.25, -0.2) is 18.2 Å². The van der Waals surface area contributed by atoms with Crippen LogP contribution < -0.4 is 5.32 Å². The van der Waals surface area contributed by atoms with Gasteiger partial charge in [0.25, 0.3) is 11.6 Å². The van der Waals surface area contributed by atoms with E-state index in [1.165, 1.54) is 36.4 Å². The van der Waals surface area contributed by atoms with Gasteiger partial charge in [0, 0.05) is 40.6 Å². The van der Waals surface area contributed by atoms with Crippen molar-refractivity contribution in [1.29, 1.82) is 0 Å². The summed E-state index contributed by atoms with van der Waals surface area (Å²) >= 11 is 1.14. The van der Waals surface area contributed by atoms with E-state index in [1.807, 2.05) is 0 Å². The molecule has 1 heterocycles. The molecule has 0 saturated heterocycles. The Labute approximate surface area is 189 Å². The van der Waals surface area contributed by atoms with E-state index in [0.29, 0.717) is 28.6 Å². The first-order valence-corrected chi connectivity index (χ1v) is 10.4. The minimum atomic E-state index is -0.884. The van der Waals surface area contributed by atoms with Gasteiger partial charge in [0.1, 0.15) is 17.5 Å². The zero-order valence-corrected chi connectivity index (χ0v) is 17.5. The number of nitrogens with one attached hydrogen (secondary N) is 1. The van der Waals surface area contributed by atoms with Crippen LogP contribution in [0, 0.1) is 27.6 Å². The molecule has 0 aliphatic carbocycles. The number of hydrogen-bond acceptors (Lipinski definition) is 5. The van der Waals surface area contributed by atoms with Crippen LogP contribution in [0.3, 0.4) is 0 Å². The van der Waals surface area contributed by atoms with Gasteiger partial charge in [-0.05, 0) is 42.0 Å². The maximum atomic E-state index is 13.5. The predicted octanol–water partition coefficient (Wildman–Crippen LogP) is 5.98. The molecule has 4 rings (SSSR count). The Kier molecular flexibility index (Phi) is 6.18. The molecule has 1 N–H and O–H groups in total. The summed E-state index contributed by atoms with van der Waals surface area (Å²) in [6.07, 6.45) is 0.340. The number of hydrogen-bond donors (Lipinski definition) is 1. The molecular weight excluding hydrogens is 455 g/mol. The van der Waals surface area contributed by atoms with E-state index in [9.17, 15) is 28.1 Å². The van der Waals surface area contributed by atoms with Crippen molar-refractivity contribution in [3.05, 3.63) is 110 Å². The molecule has 0 radical (unpaired) electrons. The number of non-ortho nitro benzene ring substituents is 1. The predicted molar refractivity (Wildman–Crippen MR) is 118 cm³/mol. The van der Waals surface area contributed by atoms with Crippen LogP contribution in [0.4, 0.5) is 24.0 Å². The van der Waals surface area contributed by atoms with Crippen molar-refractivity contribution in [2.75, 3.05) is 5.32 Å². The maximum absolute atomic E-state index is 13.5. The summed E-state index contributed by atoms with van der Waals surface area (Å²) in [5.74, 6) is -2.93. The van der Waals surface area contributed by atoms with Gasteiger partial charge < -0.3 is 0 Å². The zero-order valence-electron chi connectivity index (χ0n) is 16.7. The minimum Gasteiger partial charge on any atom is -0.298 e. The molecule has 0 spiro atoms. The molecule has 1 aromatic heterocycles. The van der Waals surface area contributed by atoms with Crippen LogP contribution in [0.2, 0.25) is 0 Å². The van der Waals surface area contributed by atoms with E-state index in [0.717, 1.165) is 29.0 Å². The molecule has 0 saturated carbocycles. The Morgan fingerprint density at radius 2 is 1.58 bits per heavy atom. The number of rotatable bonds is 6. The molecule has 4 aromatic rings. The fourth-order valence-electron chi connectivity index (χ4n) is 3.13. The van der Waals surface area contributed by atoms with Crippen LogP contribution in [0.25, 0.3) is 11.3 Å². The van der Waals surface area contributed by atoms with E-state index in [-0.39, 0.29) is 16.4 Å². The van der Waals surface area contributed by atoms with E-state index in [2.05, 4.69) is 10.3 Å². The smallest absolute Gasteiger partial charge is 0.269 e. The number of aromatic nitrogens is 1. The first kappa shape index (κ1) is 22.2. The lowest BCUT2D eigenvalue weighted by atomic mass is 10.1. The summed E-state index contributed by atoms with van der Waals surface area (Å²) < 4.78 is 40.3. The van der Waals surface area contributed by atoms with E-state index < -0.39 is 28.3 Å². The molecule has 0 fully saturated rings. The average molecular weight is 469 g/mol. The third-order valence-corrected chi connectivity index (χ3v) is 5.64. The van der Waals surface area contributed by atoms with Gasteiger partial charge in [0.15, 0.2) is 5.13 Å². The highest BCUT2D eigenvalue weighted by atomic mass is 32.1. The molecule has 0 aliphatic heterocycles. The van der Waals surface area contributed by atoms with Gasteiger partial charge in [0.2, 0.25) is 0 Å². The third-order valence-electron chi connectivity index (χ3n) is 4.67. The first-order chi connectivity index (χ1) is 15.8. The second kappa shape index (κ2) is 9.21. The van der Waals surface area contributed by atoms with Crippen LogP contribution in [-0.2, 0) is 6.42 Å². The third kappa shape index (κ3) is 5.24. The summed E-state index contributed by atoms with van der Waals surface area (Å²) in [6, 6.07) is 14.1. The summed E-state index contributed by atoms with van der Waals surface area (Å²) in [5.41, 5.74) is 1.60. The van der Waals surface area contributed by atoms with E-state index in [1.54, 1.807) is 12.1 Å². The van der Waals surface area contributed by atoms with E-state index in [4.69, 9.17) is 0 Å². The van der Waals surface area contributed by atoms with Gasteiger partial charge in [-0.1, -0.05) is 12.1 Å². The van der Waals surface area contributed by atoms with Crippen molar-refractivity contribution in [3.8, 4) is 11.3 Å². The molecule has 0 unspecified atom stereocenters. The maximum Gasteiger partial charge on any atom is 0.269 e. The van der Waals surface area contributed by atoms with Crippen molar-refractivity contribution in [2.45, 2.75) is 6.42 Å². The van der Waals surface area contributed by atoms with Gasteiger partial charge in [-0.3, -0.25) is 20.2 Å². The molecule has 1 amide bonds. The highest BCUT2D eigenvalue weighted by Crippen LogP contribution is 2.33. The number of carbonyl (C=O) groups is 1. The van der Waals surface area contributed by atoms with Crippen LogP contribution in [0.5, 0.6) is 0 Å². The number of carbonyl (C=O) groups excluding carboxylic acids is 1. The number of benzene rings is 3. The normalized spacial score (nSPS) is 10.8. The van der Waals surface area contributed by atoms with Gasteiger partial charge in [0.05, 0.1) is 10.6 Å². The molecule has 10 heteroatoms. The van der Waals surface area contributed by atoms with Crippen molar-refractivity contribution in [3.63, 3.8) is 0 Å². The fourth-order valence-corrected chi connectivity index (χ4v) is 4.15. The Bertz CT molecular complexity index is 1320. The molecular formula is C23H14F3N3O3S. The van der Waals surface area contributed by atoms with Crippen molar-refractivity contribution in [2.24, 2.45) is 0 Å². The summed E-state index contributed by atoms with van der Waals surface area (Å²) in [7, 11) is 0. The molecule has 3 aromatic carbocycles. The Morgan fingerprint density at radius 1 is 0.939 bits per heavy atom. The second-order valence-electron chi connectivity index (χ2n) is 7.01. The first-order valence-electron chi connectivity index (χ1n) is 9.55. The van der Waals surface area contributed by atoms with Crippen LogP contribution in [0.1, 0.15) is 20.8 Å². The highest BCUT2D eigenvalue weighted by Gasteiger charge is 2.18. The quantitative estimate of drug-likeness (QED) is 0.278. The standard InChI is InChI=1S/C23H14F3N3O3S/c24-16-5-3-14(4-6-16)21-20(9-13-1-7-19(8-2-13)29(31)32)33-23(27-21)28-22(30)15-10-17(25)12-18(26)11-15/h1-8,10-12H,9H2,(H,27,28,30). The largest absolute Gasteiger partial charge is 0.298 e. The molecule has 0 aliphatic rings. The molecule has 0 bridgehead atoms. The number of nitro benzene ring substituents is 1. The molecule has 6 nitrogen and oxygen atoms in total. The number of anilines is 1. The van der Waals surface area contributed by atoms with E-state index >= 15 is 0 Å². The second-order valence-corrected chi connectivity index (χ2v) is 8.09. The van der Waals surface area contributed by atoms with Gasteiger partial charge in [-0.15, -0.1) is 11.3 Å². The minimum absolute atomic E-state index is 0.0444. The average Bonchev–Trinajstić information content (AvgIpc) is 3.16. The van der Waals surface area contributed by atoms with Crippen molar-refractivity contribution < 1.29 is 22.9 Å². The van der Waals surface area contributed by atoms with Crippen LogP contribution in [0.15, 0.2) is 66.7 Å². The Morgan fingerprint density at radius 3 is 2.18 bits per heavy atom. The molecule has 166 valence electrons. The summed E-state index contributed by atoms with van der Waals surface area (Å²) in [4.78, 5) is 28.0. The molecule has 33 heavy (non-hydrogen) atoms.